The van der Waals surface area contributed by atoms with Gasteiger partial charge in [-0.2, -0.15) is 0 Å². The Hall–Kier alpha value is -3.32. The van der Waals surface area contributed by atoms with Gasteiger partial charge in [0.05, 0.1) is 31.2 Å². The lowest BCUT2D eigenvalue weighted by atomic mass is 9.97. The highest BCUT2D eigenvalue weighted by atomic mass is 16.5. The fourth-order valence-electron chi connectivity index (χ4n) is 4.13. The Morgan fingerprint density at radius 1 is 1.06 bits per heavy atom. The first-order valence-electron chi connectivity index (χ1n) is 10.2. The first-order chi connectivity index (χ1) is 15.0. The summed E-state index contributed by atoms with van der Waals surface area (Å²) in [6.45, 7) is 1.31. The van der Waals surface area contributed by atoms with E-state index >= 15 is 0 Å². The van der Waals surface area contributed by atoms with Gasteiger partial charge in [0, 0.05) is 18.2 Å². The van der Waals surface area contributed by atoms with Crippen LogP contribution in [-0.2, 0) is 0 Å². The third kappa shape index (κ3) is 3.65. The van der Waals surface area contributed by atoms with Gasteiger partial charge < -0.3 is 23.7 Å². The molecule has 2 heterocycles. The van der Waals surface area contributed by atoms with Crippen LogP contribution < -0.4 is 14.9 Å². The number of benzene rings is 2. The van der Waals surface area contributed by atoms with Crippen molar-refractivity contribution in [3.63, 3.8) is 0 Å². The zero-order chi connectivity index (χ0) is 22.1. The van der Waals surface area contributed by atoms with Crippen LogP contribution in [0.4, 0.5) is 0 Å². The van der Waals surface area contributed by atoms with E-state index in [9.17, 15) is 9.59 Å². The highest BCUT2D eigenvalue weighted by Crippen LogP contribution is 2.41. The van der Waals surface area contributed by atoms with Crippen molar-refractivity contribution < 1.29 is 18.7 Å². The fraction of sp³-hybridized carbons (Fsp3) is 0.333. The minimum absolute atomic E-state index is 0.0894. The van der Waals surface area contributed by atoms with Gasteiger partial charge in [-0.25, -0.2) is 0 Å². The van der Waals surface area contributed by atoms with E-state index in [2.05, 4.69) is 4.90 Å². The normalized spacial score (nSPS) is 15.6. The van der Waals surface area contributed by atoms with E-state index in [0.717, 1.165) is 18.5 Å². The van der Waals surface area contributed by atoms with Crippen LogP contribution in [-0.4, -0.2) is 57.1 Å². The lowest BCUT2D eigenvalue weighted by Gasteiger charge is -2.26. The molecule has 0 aliphatic carbocycles. The van der Waals surface area contributed by atoms with Crippen LogP contribution in [0.2, 0.25) is 0 Å². The molecular weight excluding hydrogens is 396 g/mol. The average molecular weight is 422 g/mol. The number of para-hydroxylation sites is 1. The summed E-state index contributed by atoms with van der Waals surface area (Å²) >= 11 is 0. The van der Waals surface area contributed by atoms with E-state index in [4.69, 9.17) is 13.9 Å². The van der Waals surface area contributed by atoms with Crippen molar-refractivity contribution in [3.8, 4) is 11.5 Å². The SMILES string of the molecule is COc1ccc2c(=O)c3c(oc2c1)C(=O)N(CCCN(C)C)C3c1ccccc1OC. The molecule has 0 fully saturated rings. The molecule has 3 aromatic rings. The maximum Gasteiger partial charge on any atom is 0.290 e. The predicted octanol–water partition coefficient (Wildman–Crippen LogP) is 3.31. The Labute approximate surface area is 180 Å². The highest BCUT2D eigenvalue weighted by molar-refractivity contribution is 5.99. The molecule has 0 N–H and O–H groups in total. The van der Waals surface area contributed by atoms with Gasteiger partial charge in [0.2, 0.25) is 5.76 Å². The van der Waals surface area contributed by atoms with Crippen LogP contribution in [0.5, 0.6) is 11.5 Å². The quantitative estimate of drug-likeness (QED) is 0.582. The topological polar surface area (TPSA) is 72.2 Å². The van der Waals surface area contributed by atoms with Gasteiger partial charge in [0.1, 0.15) is 17.1 Å². The molecule has 162 valence electrons. The number of carbonyl (C=O) groups excluding carboxylic acids is 1. The van der Waals surface area contributed by atoms with E-state index in [-0.39, 0.29) is 17.1 Å². The summed E-state index contributed by atoms with van der Waals surface area (Å²) < 4.78 is 16.8. The molecule has 1 aliphatic rings. The molecule has 1 atom stereocenters. The summed E-state index contributed by atoms with van der Waals surface area (Å²) in [4.78, 5) is 30.7. The lowest BCUT2D eigenvalue weighted by Crippen LogP contribution is -2.32. The molecule has 0 saturated heterocycles. The Morgan fingerprint density at radius 3 is 2.55 bits per heavy atom. The highest BCUT2D eigenvalue weighted by Gasteiger charge is 2.43. The van der Waals surface area contributed by atoms with E-state index in [1.165, 1.54) is 0 Å². The molecule has 7 heteroatoms. The van der Waals surface area contributed by atoms with Crippen molar-refractivity contribution in [1.82, 2.24) is 9.80 Å². The molecule has 0 spiro atoms. The van der Waals surface area contributed by atoms with E-state index in [1.807, 2.05) is 38.4 Å². The van der Waals surface area contributed by atoms with Crippen molar-refractivity contribution in [3.05, 3.63) is 69.6 Å². The van der Waals surface area contributed by atoms with Crippen molar-refractivity contribution in [2.75, 3.05) is 41.4 Å². The molecule has 2 aromatic carbocycles. The number of rotatable bonds is 7. The largest absolute Gasteiger partial charge is 0.497 e. The molecule has 0 radical (unpaired) electrons. The Morgan fingerprint density at radius 2 is 1.84 bits per heavy atom. The van der Waals surface area contributed by atoms with Crippen molar-refractivity contribution >= 4 is 16.9 Å². The molecule has 0 saturated carbocycles. The summed E-state index contributed by atoms with van der Waals surface area (Å²) in [6, 6.07) is 11.9. The number of hydrogen-bond donors (Lipinski definition) is 0. The van der Waals surface area contributed by atoms with Crippen LogP contribution in [0.25, 0.3) is 11.0 Å². The van der Waals surface area contributed by atoms with Gasteiger partial charge in [-0.1, -0.05) is 18.2 Å². The number of amides is 1. The van der Waals surface area contributed by atoms with Crippen LogP contribution in [0, 0.1) is 0 Å². The van der Waals surface area contributed by atoms with E-state index in [1.54, 1.807) is 37.3 Å². The number of ether oxygens (including phenoxy) is 2. The minimum Gasteiger partial charge on any atom is -0.497 e. The van der Waals surface area contributed by atoms with Crippen LogP contribution in [0.1, 0.15) is 34.1 Å². The summed E-state index contributed by atoms with van der Waals surface area (Å²) in [5.41, 5.74) is 1.25. The minimum atomic E-state index is -0.566. The Kier molecular flexibility index (Phi) is 5.69. The smallest absolute Gasteiger partial charge is 0.290 e. The summed E-state index contributed by atoms with van der Waals surface area (Å²) in [5.74, 6) is 0.989. The molecule has 0 bridgehead atoms. The predicted molar refractivity (Wildman–Crippen MR) is 118 cm³/mol. The lowest BCUT2D eigenvalue weighted by molar-refractivity contribution is 0.0721. The number of methoxy groups -OCH3 is 2. The van der Waals surface area contributed by atoms with Crippen LogP contribution in [0.15, 0.2) is 51.7 Å². The van der Waals surface area contributed by atoms with Gasteiger partial charge in [-0.05, 0) is 45.3 Å². The molecule has 1 aliphatic heterocycles. The maximum atomic E-state index is 13.5. The first-order valence-corrected chi connectivity index (χ1v) is 10.2. The van der Waals surface area contributed by atoms with Gasteiger partial charge in [0.25, 0.3) is 5.91 Å². The average Bonchev–Trinajstić information content (AvgIpc) is 3.05. The molecule has 4 rings (SSSR count). The second kappa shape index (κ2) is 8.43. The summed E-state index contributed by atoms with van der Waals surface area (Å²) in [7, 11) is 7.11. The zero-order valence-corrected chi connectivity index (χ0v) is 18.2. The van der Waals surface area contributed by atoms with Gasteiger partial charge in [-0.15, -0.1) is 0 Å². The van der Waals surface area contributed by atoms with Crippen molar-refractivity contribution in [1.29, 1.82) is 0 Å². The first kappa shape index (κ1) is 20.9. The van der Waals surface area contributed by atoms with Gasteiger partial charge in [-0.3, -0.25) is 9.59 Å². The molecule has 1 aromatic heterocycles. The molecule has 1 unspecified atom stereocenters. The van der Waals surface area contributed by atoms with Crippen LogP contribution in [0.3, 0.4) is 0 Å². The Balaban J connectivity index is 1.91. The van der Waals surface area contributed by atoms with Crippen LogP contribution >= 0.6 is 0 Å². The zero-order valence-electron chi connectivity index (χ0n) is 18.2. The molecule has 1 amide bonds. The second-order valence-corrected chi connectivity index (χ2v) is 7.84. The van der Waals surface area contributed by atoms with Crippen molar-refractivity contribution in [2.45, 2.75) is 12.5 Å². The van der Waals surface area contributed by atoms with E-state index < -0.39 is 6.04 Å². The van der Waals surface area contributed by atoms with Gasteiger partial charge >= 0.3 is 0 Å². The fourth-order valence-corrected chi connectivity index (χ4v) is 4.13. The molecule has 7 nitrogen and oxygen atoms in total. The second-order valence-electron chi connectivity index (χ2n) is 7.84. The monoisotopic (exact) mass is 422 g/mol. The molecular formula is C24H26N2O5. The van der Waals surface area contributed by atoms with Crippen molar-refractivity contribution in [2.24, 2.45) is 0 Å². The number of hydrogen-bond acceptors (Lipinski definition) is 6. The third-order valence-electron chi connectivity index (χ3n) is 5.61. The number of fused-ring (bicyclic) bond motifs is 2. The van der Waals surface area contributed by atoms with E-state index in [0.29, 0.717) is 34.6 Å². The third-order valence-corrected chi connectivity index (χ3v) is 5.61. The number of nitrogens with zero attached hydrogens (tertiary/aromatic N) is 2. The summed E-state index contributed by atoms with van der Waals surface area (Å²) in [5, 5.41) is 0.419. The number of carbonyl (C=O) groups is 1. The molecule has 31 heavy (non-hydrogen) atoms. The maximum absolute atomic E-state index is 13.5. The standard InChI is InChI=1S/C24H26N2O5/c1-25(2)12-7-13-26-21(16-8-5-6-9-18(16)30-4)20-22(27)17-11-10-15(29-3)14-19(17)31-23(20)24(26)28/h5-6,8-11,14,21H,7,12-13H2,1-4H3. The Bertz CT molecular complexity index is 1180. The summed E-state index contributed by atoms with van der Waals surface area (Å²) in [6.07, 6.45) is 0.764. The van der Waals surface area contributed by atoms with Gasteiger partial charge in [0.15, 0.2) is 5.43 Å².